The first-order valence-corrected chi connectivity index (χ1v) is 8.63. The molecule has 0 aliphatic heterocycles. The number of hydrogen-bond donors (Lipinski definition) is 3. The highest BCUT2D eigenvalue weighted by Gasteiger charge is 2.25. The molecule has 6 nitrogen and oxygen atoms in total. The Morgan fingerprint density at radius 3 is 2.65 bits per heavy atom. The van der Waals surface area contributed by atoms with Gasteiger partial charge in [0, 0.05) is 17.3 Å². The van der Waals surface area contributed by atoms with E-state index in [1.807, 2.05) is 0 Å². The number of benzene rings is 1. The quantitative estimate of drug-likeness (QED) is 0.745. The number of amides is 2. The van der Waals surface area contributed by atoms with Gasteiger partial charge in [-0.05, 0) is 55.6 Å². The number of carbonyl (C=O) groups is 2. The Morgan fingerprint density at radius 2 is 1.92 bits per heavy atom. The molecule has 1 saturated carbocycles. The van der Waals surface area contributed by atoms with Crippen LogP contribution < -0.4 is 16.4 Å². The van der Waals surface area contributed by atoms with E-state index in [9.17, 15) is 9.59 Å². The summed E-state index contributed by atoms with van der Waals surface area (Å²) < 4.78 is 5.07. The Bertz CT molecular complexity index is 733. The van der Waals surface area contributed by atoms with Gasteiger partial charge in [0.05, 0.1) is 6.26 Å². The highest BCUT2D eigenvalue weighted by Crippen LogP contribution is 2.24. The normalized spacial score (nSPS) is 19.3. The molecule has 1 heterocycles. The van der Waals surface area contributed by atoms with Crippen LogP contribution in [0.5, 0.6) is 0 Å². The first kappa shape index (κ1) is 20.0. The maximum absolute atomic E-state index is 12.6. The molecule has 140 valence electrons. The Labute approximate surface area is 158 Å². The van der Waals surface area contributed by atoms with Crippen molar-refractivity contribution < 1.29 is 14.0 Å². The van der Waals surface area contributed by atoms with Crippen LogP contribution in [-0.2, 0) is 0 Å². The zero-order valence-electron chi connectivity index (χ0n) is 14.4. The molecule has 3 rings (SSSR count). The molecule has 2 unspecified atom stereocenters. The van der Waals surface area contributed by atoms with Gasteiger partial charge in [0.15, 0.2) is 5.76 Å². The first-order chi connectivity index (χ1) is 12.2. The van der Waals surface area contributed by atoms with E-state index in [2.05, 4.69) is 10.6 Å². The van der Waals surface area contributed by atoms with Gasteiger partial charge < -0.3 is 20.8 Å². The summed E-state index contributed by atoms with van der Waals surface area (Å²) in [5.41, 5.74) is 6.89. The van der Waals surface area contributed by atoms with Gasteiger partial charge in [-0.3, -0.25) is 9.59 Å². The van der Waals surface area contributed by atoms with Crippen molar-refractivity contribution in [3.8, 4) is 0 Å². The lowest BCUT2D eigenvalue weighted by Gasteiger charge is -2.31. The summed E-state index contributed by atoms with van der Waals surface area (Å²) in [5, 5.41) is 5.82. The summed E-state index contributed by atoms with van der Waals surface area (Å²) in [6.45, 7) is 0.587. The first-order valence-electron chi connectivity index (χ1n) is 8.63. The zero-order valence-corrected chi connectivity index (χ0v) is 15.3. The summed E-state index contributed by atoms with van der Waals surface area (Å²) in [6, 6.07) is 10.2. The summed E-state index contributed by atoms with van der Waals surface area (Å²) >= 11 is 0. The molecule has 1 aromatic carbocycles. The van der Waals surface area contributed by atoms with Crippen LogP contribution in [0.1, 0.15) is 46.6 Å². The summed E-state index contributed by atoms with van der Waals surface area (Å²) in [7, 11) is 0. The van der Waals surface area contributed by atoms with E-state index in [0.29, 0.717) is 23.7 Å². The van der Waals surface area contributed by atoms with Gasteiger partial charge in [0.1, 0.15) is 0 Å². The Balaban J connectivity index is 0.00000243. The van der Waals surface area contributed by atoms with E-state index in [0.717, 1.165) is 19.3 Å². The molecule has 2 atom stereocenters. The largest absolute Gasteiger partial charge is 0.459 e. The minimum atomic E-state index is -0.349. The van der Waals surface area contributed by atoms with Gasteiger partial charge in [-0.25, -0.2) is 0 Å². The molecule has 1 aliphatic carbocycles. The van der Waals surface area contributed by atoms with Gasteiger partial charge in [0.25, 0.3) is 11.8 Å². The molecule has 26 heavy (non-hydrogen) atoms. The van der Waals surface area contributed by atoms with Crippen molar-refractivity contribution >= 4 is 29.9 Å². The molecule has 1 aromatic heterocycles. The van der Waals surface area contributed by atoms with Gasteiger partial charge >= 0.3 is 0 Å². The molecule has 0 bridgehead atoms. The van der Waals surface area contributed by atoms with Gasteiger partial charge in [-0.1, -0.05) is 18.9 Å². The molecule has 0 radical (unpaired) electrons. The lowest BCUT2D eigenvalue weighted by Crippen LogP contribution is -2.44. The predicted octanol–water partition coefficient (Wildman–Crippen LogP) is 3.20. The number of anilines is 1. The molecular formula is C19H24ClN3O3. The molecule has 1 fully saturated rings. The van der Waals surface area contributed by atoms with Crippen molar-refractivity contribution in [2.45, 2.75) is 31.7 Å². The second-order valence-corrected chi connectivity index (χ2v) is 6.37. The predicted molar refractivity (Wildman–Crippen MR) is 103 cm³/mol. The van der Waals surface area contributed by atoms with E-state index >= 15 is 0 Å². The third-order valence-corrected chi connectivity index (χ3v) is 4.66. The van der Waals surface area contributed by atoms with Crippen LogP contribution in [-0.4, -0.2) is 24.4 Å². The van der Waals surface area contributed by atoms with E-state index in [4.69, 9.17) is 10.2 Å². The smallest absolute Gasteiger partial charge is 0.291 e. The standard InChI is InChI=1S/C19H23N3O3.ClH/c20-12-14-5-1-2-8-16(14)22-18(23)13-6-3-7-15(11-13)21-19(24)17-9-4-10-25-17;/h3-4,6-7,9-11,14,16H,1-2,5,8,12,20H2,(H,21,24)(H,22,23);1H. The summed E-state index contributed by atoms with van der Waals surface area (Å²) in [5.74, 6) is 0.0693. The lowest BCUT2D eigenvalue weighted by molar-refractivity contribution is 0.0907. The van der Waals surface area contributed by atoms with Gasteiger partial charge in [-0.2, -0.15) is 0 Å². The molecular weight excluding hydrogens is 354 g/mol. The van der Waals surface area contributed by atoms with Crippen LogP contribution in [0.3, 0.4) is 0 Å². The number of halogens is 1. The molecule has 2 amide bonds. The number of carbonyl (C=O) groups excluding carboxylic acids is 2. The Kier molecular flexibility index (Phi) is 7.24. The third kappa shape index (κ3) is 4.86. The summed E-state index contributed by atoms with van der Waals surface area (Å²) in [4.78, 5) is 24.6. The van der Waals surface area contributed by atoms with Crippen molar-refractivity contribution in [2.75, 3.05) is 11.9 Å². The monoisotopic (exact) mass is 377 g/mol. The van der Waals surface area contributed by atoms with Crippen LogP contribution >= 0.6 is 12.4 Å². The van der Waals surface area contributed by atoms with E-state index in [1.54, 1.807) is 36.4 Å². The zero-order chi connectivity index (χ0) is 17.6. The highest BCUT2D eigenvalue weighted by atomic mass is 35.5. The van der Waals surface area contributed by atoms with Crippen LogP contribution in [0.2, 0.25) is 0 Å². The van der Waals surface area contributed by atoms with Crippen LogP contribution in [0.4, 0.5) is 5.69 Å². The topological polar surface area (TPSA) is 97.4 Å². The number of nitrogens with two attached hydrogens (primary N) is 1. The van der Waals surface area contributed by atoms with Crippen LogP contribution in [0.15, 0.2) is 47.1 Å². The molecule has 0 saturated heterocycles. The van der Waals surface area contributed by atoms with E-state index in [1.165, 1.54) is 12.7 Å². The minimum absolute atomic E-state index is 0. The highest BCUT2D eigenvalue weighted by molar-refractivity contribution is 6.03. The van der Waals surface area contributed by atoms with Crippen molar-refractivity contribution in [1.82, 2.24) is 5.32 Å². The van der Waals surface area contributed by atoms with E-state index < -0.39 is 0 Å². The van der Waals surface area contributed by atoms with Crippen molar-refractivity contribution in [3.63, 3.8) is 0 Å². The second-order valence-electron chi connectivity index (χ2n) is 6.37. The number of rotatable bonds is 5. The van der Waals surface area contributed by atoms with Crippen LogP contribution in [0.25, 0.3) is 0 Å². The number of nitrogens with one attached hydrogen (secondary N) is 2. The van der Waals surface area contributed by atoms with E-state index in [-0.39, 0.29) is 36.0 Å². The van der Waals surface area contributed by atoms with Gasteiger partial charge in [-0.15, -0.1) is 12.4 Å². The number of hydrogen-bond acceptors (Lipinski definition) is 4. The molecule has 4 N–H and O–H groups in total. The average Bonchev–Trinajstić information content (AvgIpc) is 3.17. The van der Waals surface area contributed by atoms with Crippen molar-refractivity contribution in [1.29, 1.82) is 0 Å². The van der Waals surface area contributed by atoms with Crippen molar-refractivity contribution in [2.24, 2.45) is 11.7 Å². The molecule has 0 spiro atoms. The fourth-order valence-electron chi connectivity index (χ4n) is 3.27. The fraction of sp³-hybridized carbons (Fsp3) is 0.368. The maximum atomic E-state index is 12.6. The Morgan fingerprint density at radius 1 is 1.12 bits per heavy atom. The Hall–Kier alpha value is -2.31. The molecule has 7 heteroatoms. The third-order valence-electron chi connectivity index (χ3n) is 4.66. The molecule has 1 aliphatic rings. The minimum Gasteiger partial charge on any atom is -0.459 e. The lowest BCUT2D eigenvalue weighted by atomic mass is 9.84. The summed E-state index contributed by atoms with van der Waals surface area (Å²) in [6.07, 6.45) is 5.74. The molecule has 2 aromatic rings. The average molecular weight is 378 g/mol. The maximum Gasteiger partial charge on any atom is 0.291 e. The van der Waals surface area contributed by atoms with Crippen LogP contribution in [0, 0.1) is 5.92 Å². The SMILES string of the molecule is Cl.NCC1CCCCC1NC(=O)c1cccc(NC(=O)c2ccco2)c1. The second kappa shape index (κ2) is 9.40. The van der Waals surface area contributed by atoms with Crippen molar-refractivity contribution in [3.05, 3.63) is 54.0 Å². The van der Waals surface area contributed by atoms with Gasteiger partial charge in [0.2, 0.25) is 0 Å². The number of furan rings is 1. The fourth-order valence-corrected chi connectivity index (χ4v) is 3.27.